The van der Waals surface area contributed by atoms with Gasteiger partial charge in [0.05, 0.1) is 25.6 Å². The van der Waals surface area contributed by atoms with E-state index >= 15 is 0 Å². The first kappa shape index (κ1) is 22.2. The summed E-state index contributed by atoms with van der Waals surface area (Å²) in [7, 11) is 0. The molecule has 1 heterocycles. The van der Waals surface area contributed by atoms with Gasteiger partial charge in [-0.3, -0.25) is 0 Å². The second-order valence-corrected chi connectivity index (χ2v) is 6.84. The molecule has 0 fully saturated rings. The van der Waals surface area contributed by atoms with Crippen molar-refractivity contribution in [2.24, 2.45) is 0 Å². The maximum atomic E-state index is 5.78. The summed E-state index contributed by atoms with van der Waals surface area (Å²) in [6, 6.07) is 7.92. The van der Waals surface area contributed by atoms with Crippen molar-refractivity contribution in [1.82, 2.24) is 9.97 Å². The smallest absolute Gasteiger partial charge is 0.159 e. The standard InChI is InChI=1S/C23H34N2O3/c1-3-5-7-9-15-27-21-12-10-20(11-13-21)23-24-18-22(19-25-23)28-17-16-26-14-8-6-4-2/h10-13,18-19H,3-9,14-17H2,1-2H3. The van der Waals surface area contributed by atoms with E-state index in [-0.39, 0.29) is 0 Å². The molecule has 0 aliphatic heterocycles. The fourth-order valence-electron chi connectivity index (χ4n) is 2.73. The molecule has 0 aliphatic carbocycles. The van der Waals surface area contributed by atoms with Crippen LogP contribution in [-0.4, -0.2) is 36.4 Å². The lowest BCUT2D eigenvalue weighted by molar-refractivity contribution is 0.0971. The van der Waals surface area contributed by atoms with E-state index < -0.39 is 0 Å². The summed E-state index contributed by atoms with van der Waals surface area (Å²) >= 11 is 0. The Kier molecular flexibility index (Phi) is 11.0. The highest BCUT2D eigenvalue weighted by atomic mass is 16.5. The van der Waals surface area contributed by atoms with E-state index in [0.29, 0.717) is 24.8 Å². The van der Waals surface area contributed by atoms with E-state index in [2.05, 4.69) is 23.8 Å². The number of hydrogen-bond donors (Lipinski definition) is 0. The number of unbranched alkanes of at least 4 members (excludes halogenated alkanes) is 5. The van der Waals surface area contributed by atoms with E-state index in [0.717, 1.165) is 37.4 Å². The average Bonchev–Trinajstić information content (AvgIpc) is 2.74. The van der Waals surface area contributed by atoms with Crippen LogP contribution in [0.15, 0.2) is 36.7 Å². The third-order valence-corrected chi connectivity index (χ3v) is 4.40. The predicted octanol–water partition coefficient (Wildman–Crippen LogP) is 5.69. The minimum atomic E-state index is 0.513. The van der Waals surface area contributed by atoms with Gasteiger partial charge in [-0.2, -0.15) is 0 Å². The fourth-order valence-corrected chi connectivity index (χ4v) is 2.73. The molecule has 0 N–H and O–H groups in total. The zero-order valence-electron chi connectivity index (χ0n) is 17.4. The van der Waals surface area contributed by atoms with Crippen LogP contribution in [-0.2, 0) is 4.74 Å². The third-order valence-electron chi connectivity index (χ3n) is 4.40. The first-order valence-corrected chi connectivity index (χ1v) is 10.6. The Bertz CT molecular complexity index is 629. The van der Waals surface area contributed by atoms with Gasteiger partial charge in [-0.05, 0) is 37.1 Å². The Morgan fingerprint density at radius 3 is 2.00 bits per heavy atom. The van der Waals surface area contributed by atoms with E-state index in [9.17, 15) is 0 Å². The van der Waals surface area contributed by atoms with Crippen LogP contribution in [0.5, 0.6) is 11.5 Å². The quantitative estimate of drug-likeness (QED) is 0.368. The van der Waals surface area contributed by atoms with Crippen molar-refractivity contribution < 1.29 is 14.2 Å². The van der Waals surface area contributed by atoms with Crippen molar-refractivity contribution in [3.63, 3.8) is 0 Å². The molecule has 28 heavy (non-hydrogen) atoms. The topological polar surface area (TPSA) is 53.5 Å². The second kappa shape index (κ2) is 13.9. The molecular formula is C23H34N2O3. The maximum absolute atomic E-state index is 5.78. The Morgan fingerprint density at radius 1 is 0.643 bits per heavy atom. The van der Waals surface area contributed by atoms with Crippen LogP contribution >= 0.6 is 0 Å². The van der Waals surface area contributed by atoms with Crippen molar-refractivity contribution in [2.75, 3.05) is 26.4 Å². The number of aromatic nitrogens is 2. The van der Waals surface area contributed by atoms with Crippen molar-refractivity contribution in [3.8, 4) is 22.9 Å². The van der Waals surface area contributed by atoms with Gasteiger partial charge in [0.1, 0.15) is 12.4 Å². The van der Waals surface area contributed by atoms with Crippen molar-refractivity contribution in [3.05, 3.63) is 36.7 Å². The Labute approximate surface area is 169 Å². The van der Waals surface area contributed by atoms with E-state index in [1.54, 1.807) is 12.4 Å². The molecule has 1 aromatic heterocycles. The zero-order chi connectivity index (χ0) is 19.9. The molecule has 0 amide bonds. The van der Waals surface area contributed by atoms with Gasteiger partial charge < -0.3 is 14.2 Å². The van der Waals surface area contributed by atoms with Gasteiger partial charge in [0, 0.05) is 12.2 Å². The van der Waals surface area contributed by atoms with Crippen molar-refractivity contribution in [2.45, 2.75) is 58.8 Å². The second-order valence-electron chi connectivity index (χ2n) is 6.84. The van der Waals surface area contributed by atoms with Crippen LogP contribution in [0.3, 0.4) is 0 Å². The number of benzene rings is 1. The van der Waals surface area contributed by atoms with Crippen LogP contribution in [0.2, 0.25) is 0 Å². The van der Waals surface area contributed by atoms with Gasteiger partial charge in [0.25, 0.3) is 0 Å². The number of rotatable bonds is 15. The predicted molar refractivity (Wildman–Crippen MR) is 113 cm³/mol. The molecule has 0 saturated carbocycles. The van der Waals surface area contributed by atoms with Gasteiger partial charge in [-0.15, -0.1) is 0 Å². The Hall–Kier alpha value is -2.14. The van der Waals surface area contributed by atoms with Crippen LogP contribution in [0.1, 0.15) is 58.8 Å². The first-order chi connectivity index (χ1) is 13.8. The summed E-state index contributed by atoms with van der Waals surface area (Å²) in [5.41, 5.74) is 0.962. The van der Waals surface area contributed by atoms with E-state index in [4.69, 9.17) is 14.2 Å². The van der Waals surface area contributed by atoms with Gasteiger partial charge in [-0.1, -0.05) is 46.0 Å². The highest BCUT2D eigenvalue weighted by molar-refractivity contribution is 5.56. The third kappa shape index (κ3) is 8.70. The fraction of sp³-hybridized carbons (Fsp3) is 0.565. The summed E-state index contributed by atoms with van der Waals surface area (Å²) < 4.78 is 16.9. The summed E-state index contributed by atoms with van der Waals surface area (Å²) in [5.74, 6) is 2.23. The summed E-state index contributed by atoms with van der Waals surface area (Å²) in [5, 5.41) is 0. The summed E-state index contributed by atoms with van der Waals surface area (Å²) in [6.07, 6.45) is 11.8. The highest BCUT2D eigenvalue weighted by Gasteiger charge is 2.03. The molecule has 5 heteroatoms. The summed E-state index contributed by atoms with van der Waals surface area (Å²) in [4.78, 5) is 8.79. The van der Waals surface area contributed by atoms with Gasteiger partial charge in [0.15, 0.2) is 11.6 Å². The summed E-state index contributed by atoms with van der Waals surface area (Å²) in [6.45, 7) is 7.06. The van der Waals surface area contributed by atoms with Crippen LogP contribution < -0.4 is 9.47 Å². The van der Waals surface area contributed by atoms with Crippen molar-refractivity contribution >= 4 is 0 Å². The number of ether oxygens (including phenoxy) is 3. The maximum Gasteiger partial charge on any atom is 0.159 e. The average molecular weight is 387 g/mol. The van der Waals surface area contributed by atoms with Gasteiger partial charge >= 0.3 is 0 Å². The lowest BCUT2D eigenvalue weighted by Gasteiger charge is -2.08. The number of nitrogens with zero attached hydrogens (tertiary/aromatic N) is 2. The van der Waals surface area contributed by atoms with Crippen LogP contribution in [0, 0.1) is 0 Å². The highest BCUT2D eigenvalue weighted by Crippen LogP contribution is 2.20. The molecular weight excluding hydrogens is 352 g/mol. The number of hydrogen-bond acceptors (Lipinski definition) is 5. The Morgan fingerprint density at radius 2 is 1.29 bits per heavy atom. The van der Waals surface area contributed by atoms with Crippen LogP contribution in [0.25, 0.3) is 11.4 Å². The molecule has 0 bridgehead atoms. The molecule has 2 rings (SSSR count). The normalized spacial score (nSPS) is 10.8. The first-order valence-electron chi connectivity index (χ1n) is 10.6. The largest absolute Gasteiger partial charge is 0.494 e. The lowest BCUT2D eigenvalue weighted by Crippen LogP contribution is -2.08. The molecule has 1 aromatic carbocycles. The van der Waals surface area contributed by atoms with E-state index in [1.807, 2.05) is 24.3 Å². The SMILES string of the molecule is CCCCCCOc1ccc(-c2ncc(OCCOCCCCC)cn2)cc1. The molecule has 0 spiro atoms. The molecule has 5 nitrogen and oxygen atoms in total. The Balaban J connectivity index is 1.70. The molecule has 2 aromatic rings. The minimum absolute atomic E-state index is 0.513. The molecule has 0 saturated heterocycles. The molecule has 0 atom stereocenters. The van der Waals surface area contributed by atoms with E-state index in [1.165, 1.54) is 32.1 Å². The zero-order valence-corrected chi connectivity index (χ0v) is 17.4. The van der Waals surface area contributed by atoms with Crippen molar-refractivity contribution in [1.29, 1.82) is 0 Å². The molecule has 154 valence electrons. The molecule has 0 aliphatic rings. The van der Waals surface area contributed by atoms with Crippen LogP contribution in [0.4, 0.5) is 0 Å². The molecule has 0 radical (unpaired) electrons. The molecule has 0 unspecified atom stereocenters. The minimum Gasteiger partial charge on any atom is -0.494 e. The monoisotopic (exact) mass is 386 g/mol. The van der Waals surface area contributed by atoms with Gasteiger partial charge in [-0.25, -0.2) is 9.97 Å². The van der Waals surface area contributed by atoms with Gasteiger partial charge in [0.2, 0.25) is 0 Å². The lowest BCUT2D eigenvalue weighted by atomic mass is 10.2.